The van der Waals surface area contributed by atoms with Crippen LogP contribution in [0.4, 0.5) is 11.4 Å². The molecule has 3 nitrogen and oxygen atoms in total. The Balaban J connectivity index is 1.56. The number of nitrogens with one attached hydrogen (secondary N) is 1. The standard InChI is InChI=1S/C14H21N3/c1-4-8-16(9-5-1)10-11-17-12-15-13-6-2-3-7-14(13)17/h2-3,6-7,15H,1,4-5,8-12H2. The molecule has 0 bridgehead atoms. The predicted molar refractivity (Wildman–Crippen MR) is 72.6 cm³/mol. The largest absolute Gasteiger partial charge is 0.366 e. The van der Waals surface area contributed by atoms with Crippen molar-refractivity contribution in [1.29, 1.82) is 0 Å². The van der Waals surface area contributed by atoms with Crippen LogP contribution in [0.15, 0.2) is 24.3 Å². The van der Waals surface area contributed by atoms with Crippen LogP contribution in [0.25, 0.3) is 0 Å². The summed E-state index contributed by atoms with van der Waals surface area (Å²) in [6.45, 7) is 5.90. The Morgan fingerprint density at radius 3 is 2.71 bits per heavy atom. The van der Waals surface area contributed by atoms with Crippen molar-refractivity contribution < 1.29 is 0 Å². The molecule has 1 N–H and O–H groups in total. The van der Waals surface area contributed by atoms with Crippen LogP contribution in [0.1, 0.15) is 19.3 Å². The first-order valence-electron chi connectivity index (χ1n) is 6.74. The molecule has 2 heterocycles. The summed E-state index contributed by atoms with van der Waals surface area (Å²) in [5.74, 6) is 0. The number of benzene rings is 1. The van der Waals surface area contributed by atoms with Crippen LogP contribution in [0.3, 0.4) is 0 Å². The molecule has 1 fully saturated rings. The molecular formula is C14H21N3. The zero-order valence-corrected chi connectivity index (χ0v) is 10.4. The predicted octanol–water partition coefficient (Wildman–Crippen LogP) is 2.36. The average Bonchev–Trinajstić information content (AvgIpc) is 2.81. The first kappa shape index (κ1) is 10.9. The lowest BCUT2D eigenvalue weighted by Crippen LogP contribution is -2.37. The summed E-state index contributed by atoms with van der Waals surface area (Å²) in [5.41, 5.74) is 2.65. The molecule has 1 saturated heterocycles. The summed E-state index contributed by atoms with van der Waals surface area (Å²) in [7, 11) is 0. The quantitative estimate of drug-likeness (QED) is 0.861. The van der Waals surface area contributed by atoms with Crippen LogP contribution in [0.2, 0.25) is 0 Å². The van der Waals surface area contributed by atoms with Gasteiger partial charge in [0.25, 0.3) is 0 Å². The van der Waals surface area contributed by atoms with Gasteiger partial charge < -0.3 is 15.1 Å². The summed E-state index contributed by atoms with van der Waals surface area (Å²) in [4.78, 5) is 5.05. The highest BCUT2D eigenvalue weighted by Crippen LogP contribution is 2.30. The Kier molecular flexibility index (Phi) is 3.18. The van der Waals surface area contributed by atoms with E-state index in [9.17, 15) is 0 Å². The first-order chi connectivity index (χ1) is 8.43. The first-order valence-corrected chi connectivity index (χ1v) is 6.74. The van der Waals surface area contributed by atoms with Gasteiger partial charge in [-0.15, -0.1) is 0 Å². The third-order valence-electron chi connectivity index (χ3n) is 3.84. The second-order valence-corrected chi connectivity index (χ2v) is 5.02. The third-order valence-corrected chi connectivity index (χ3v) is 3.84. The Morgan fingerprint density at radius 1 is 1.00 bits per heavy atom. The molecule has 0 spiro atoms. The van der Waals surface area contributed by atoms with E-state index in [0.717, 1.165) is 13.2 Å². The van der Waals surface area contributed by atoms with Gasteiger partial charge in [-0.3, -0.25) is 0 Å². The minimum absolute atomic E-state index is 0.965. The fourth-order valence-electron chi connectivity index (χ4n) is 2.81. The third kappa shape index (κ3) is 2.39. The van der Waals surface area contributed by atoms with E-state index in [0.29, 0.717) is 0 Å². The fraction of sp³-hybridized carbons (Fsp3) is 0.571. The second-order valence-electron chi connectivity index (χ2n) is 5.02. The summed E-state index contributed by atoms with van der Waals surface area (Å²) < 4.78 is 0. The zero-order chi connectivity index (χ0) is 11.5. The van der Waals surface area contributed by atoms with Gasteiger partial charge in [-0.25, -0.2) is 0 Å². The lowest BCUT2D eigenvalue weighted by molar-refractivity contribution is 0.233. The second kappa shape index (κ2) is 4.96. The van der Waals surface area contributed by atoms with Crippen molar-refractivity contribution >= 4 is 11.4 Å². The number of hydrogen-bond donors (Lipinski definition) is 1. The van der Waals surface area contributed by atoms with Gasteiger partial charge in [-0.2, -0.15) is 0 Å². The van der Waals surface area contributed by atoms with E-state index in [1.165, 1.54) is 50.3 Å². The van der Waals surface area contributed by atoms with Crippen molar-refractivity contribution in [1.82, 2.24) is 4.90 Å². The minimum atomic E-state index is 0.965. The van der Waals surface area contributed by atoms with Gasteiger partial charge in [0.1, 0.15) is 0 Å². The van der Waals surface area contributed by atoms with Crippen LogP contribution in [-0.4, -0.2) is 37.7 Å². The highest BCUT2D eigenvalue weighted by Gasteiger charge is 2.18. The Labute approximate surface area is 103 Å². The molecule has 92 valence electrons. The highest BCUT2D eigenvalue weighted by molar-refractivity contribution is 5.74. The molecule has 3 heteroatoms. The van der Waals surface area contributed by atoms with Gasteiger partial charge in [-0.1, -0.05) is 18.6 Å². The number of nitrogens with zero attached hydrogens (tertiary/aromatic N) is 2. The maximum Gasteiger partial charge on any atom is 0.0878 e. The number of fused-ring (bicyclic) bond motifs is 1. The Hall–Kier alpha value is -1.22. The molecule has 0 aromatic heterocycles. The van der Waals surface area contributed by atoms with Crippen LogP contribution >= 0.6 is 0 Å². The van der Waals surface area contributed by atoms with Gasteiger partial charge >= 0.3 is 0 Å². The van der Waals surface area contributed by atoms with Crippen LogP contribution < -0.4 is 10.2 Å². The van der Waals surface area contributed by atoms with Crippen molar-refractivity contribution in [2.24, 2.45) is 0 Å². The van der Waals surface area contributed by atoms with Gasteiger partial charge in [0.2, 0.25) is 0 Å². The van der Waals surface area contributed by atoms with Gasteiger partial charge in [0.05, 0.1) is 18.0 Å². The van der Waals surface area contributed by atoms with Crippen LogP contribution in [0.5, 0.6) is 0 Å². The molecule has 0 saturated carbocycles. The SMILES string of the molecule is c1ccc2c(c1)NCN2CCN1CCCCC1. The molecular weight excluding hydrogens is 210 g/mol. The van der Waals surface area contributed by atoms with Crippen molar-refractivity contribution in [3.63, 3.8) is 0 Å². The number of piperidine rings is 1. The maximum absolute atomic E-state index is 3.45. The topological polar surface area (TPSA) is 18.5 Å². The van der Waals surface area contributed by atoms with E-state index < -0.39 is 0 Å². The molecule has 0 aliphatic carbocycles. The number of rotatable bonds is 3. The zero-order valence-electron chi connectivity index (χ0n) is 10.4. The molecule has 1 aromatic carbocycles. The van der Waals surface area contributed by atoms with Gasteiger partial charge in [0.15, 0.2) is 0 Å². The summed E-state index contributed by atoms with van der Waals surface area (Å²) in [6, 6.07) is 8.60. The monoisotopic (exact) mass is 231 g/mol. The smallest absolute Gasteiger partial charge is 0.0878 e. The van der Waals surface area contributed by atoms with E-state index in [4.69, 9.17) is 0 Å². The molecule has 3 rings (SSSR count). The lowest BCUT2D eigenvalue weighted by Gasteiger charge is -2.28. The van der Waals surface area contributed by atoms with Crippen LogP contribution in [-0.2, 0) is 0 Å². The van der Waals surface area contributed by atoms with E-state index in [2.05, 4.69) is 39.4 Å². The molecule has 1 aromatic rings. The molecule has 2 aliphatic rings. The van der Waals surface area contributed by atoms with Crippen molar-refractivity contribution in [2.75, 3.05) is 43.1 Å². The number of para-hydroxylation sites is 2. The molecule has 0 radical (unpaired) electrons. The fourth-order valence-corrected chi connectivity index (χ4v) is 2.81. The summed E-state index contributed by atoms with van der Waals surface area (Å²) in [5, 5.41) is 3.45. The normalized spacial score (nSPS) is 20.1. The molecule has 0 amide bonds. The maximum atomic E-state index is 3.45. The van der Waals surface area contributed by atoms with E-state index >= 15 is 0 Å². The van der Waals surface area contributed by atoms with Crippen LogP contribution in [0, 0.1) is 0 Å². The van der Waals surface area contributed by atoms with Gasteiger partial charge in [0, 0.05) is 13.1 Å². The average molecular weight is 231 g/mol. The Bertz CT molecular complexity index is 371. The van der Waals surface area contributed by atoms with E-state index in [1.54, 1.807) is 0 Å². The number of anilines is 2. The van der Waals surface area contributed by atoms with Gasteiger partial charge in [-0.05, 0) is 38.1 Å². The molecule has 0 atom stereocenters. The van der Waals surface area contributed by atoms with Crippen molar-refractivity contribution in [2.45, 2.75) is 19.3 Å². The van der Waals surface area contributed by atoms with E-state index in [1.807, 2.05) is 0 Å². The minimum Gasteiger partial charge on any atom is -0.366 e. The van der Waals surface area contributed by atoms with E-state index in [-0.39, 0.29) is 0 Å². The Morgan fingerprint density at radius 2 is 1.82 bits per heavy atom. The summed E-state index contributed by atoms with van der Waals surface area (Å²) >= 11 is 0. The highest BCUT2D eigenvalue weighted by atomic mass is 15.3. The molecule has 17 heavy (non-hydrogen) atoms. The molecule has 2 aliphatic heterocycles. The number of hydrogen-bond acceptors (Lipinski definition) is 3. The molecule has 0 unspecified atom stereocenters. The number of likely N-dealkylation sites (tertiary alicyclic amines) is 1. The van der Waals surface area contributed by atoms with Crippen molar-refractivity contribution in [3.05, 3.63) is 24.3 Å². The summed E-state index contributed by atoms with van der Waals surface area (Å²) in [6.07, 6.45) is 4.19. The van der Waals surface area contributed by atoms with Crippen molar-refractivity contribution in [3.8, 4) is 0 Å². The lowest BCUT2D eigenvalue weighted by atomic mass is 10.1.